The van der Waals surface area contributed by atoms with E-state index in [2.05, 4.69) is 10.3 Å². The third kappa shape index (κ3) is 6.66. The lowest BCUT2D eigenvalue weighted by atomic mass is 9.99. The molecule has 7 nitrogen and oxygen atoms in total. The molecule has 1 aliphatic heterocycles. The van der Waals surface area contributed by atoms with Crippen LogP contribution in [0.15, 0.2) is 41.4 Å². The largest absolute Gasteiger partial charge is 0.389 e. The molecule has 0 aromatic heterocycles. The monoisotopic (exact) mass is 479 g/mol. The van der Waals surface area contributed by atoms with E-state index < -0.39 is 39.5 Å². The van der Waals surface area contributed by atoms with Crippen molar-refractivity contribution in [3.63, 3.8) is 0 Å². The molecule has 0 saturated carbocycles. The van der Waals surface area contributed by atoms with Crippen LogP contribution in [0.5, 0.6) is 0 Å². The summed E-state index contributed by atoms with van der Waals surface area (Å²) in [5.41, 5.74) is 8.34. The molecule has 2 aromatic carbocycles. The van der Waals surface area contributed by atoms with Crippen LogP contribution in [-0.4, -0.2) is 56.1 Å². The summed E-state index contributed by atoms with van der Waals surface area (Å²) in [4.78, 5) is 16.2. The zero-order chi connectivity index (χ0) is 24.2. The Balaban J connectivity index is 1.86. The fraction of sp³-hybridized carbons (Fsp3) is 0.391. The first-order chi connectivity index (χ1) is 15.6. The molecule has 2 aromatic rings. The number of aliphatic imine (C=N–C) groups is 1. The maximum atomic E-state index is 13.6. The molecule has 0 radical (unpaired) electrons. The number of aliphatic hydroxyl groups excluding tert-OH is 1. The molecule has 1 amide bonds. The van der Waals surface area contributed by atoms with Crippen LogP contribution in [0.25, 0.3) is 0 Å². The van der Waals surface area contributed by atoms with E-state index in [1.807, 2.05) is 19.1 Å². The van der Waals surface area contributed by atoms with Gasteiger partial charge in [0, 0.05) is 11.6 Å². The Kier molecular flexibility index (Phi) is 7.93. The Labute approximate surface area is 191 Å². The van der Waals surface area contributed by atoms with Crippen LogP contribution in [-0.2, 0) is 33.2 Å². The number of sulfone groups is 1. The second-order valence-electron chi connectivity index (χ2n) is 8.09. The standard InChI is InChI=1S/C23H27F2N3O4S/c1-2-14-3-4-16-12-33(31,32)13-21(19(16)7-14)27-11-22(29)20(28-23(30)10-26)8-15-5-17(24)9-18(25)6-15/h3-7,9,20,22,29H,2,8,10-13,26H2,1H3,(H,28,30). The van der Waals surface area contributed by atoms with Crippen LogP contribution in [0, 0.1) is 11.6 Å². The quantitative estimate of drug-likeness (QED) is 0.527. The van der Waals surface area contributed by atoms with Crippen molar-refractivity contribution in [2.45, 2.75) is 37.7 Å². The molecule has 0 bridgehead atoms. The van der Waals surface area contributed by atoms with Gasteiger partial charge in [0.15, 0.2) is 9.84 Å². The first kappa shape index (κ1) is 24.9. The number of rotatable bonds is 8. The number of aliphatic hydroxyl groups is 1. The normalized spacial score (nSPS) is 17.9. The molecular weight excluding hydrogens is 452 g/mol. The van der Waals surface area contributed by atoms with Gasteiger partial charge >= 0.3 is 0 Å². The average Bonchev–Trinajstić information content (AvgIpc) is 2.75. The van der Waals surface area contributed by atoms with Crippen molar-refractivity contribution in [3.05, 3.63) is 70.3 Å². The SMILES string of the molecule is CCc1ccc2c(c1)C(=NCC(O)C(Cc1cc(F)cc(F)c1)NC(=O)CN)CS(=O)(=O)C2. The second kappa shape index (κ2) is 10.5. The highest BCUT2D eigenvalue weighted by Crippen LogP contribution is 2.23. The molecule has 4 N–H and O–H groups in total. The molecule has 0 aliphatic carbocycles. The number of hydrogen-bond acceptors (Lipinski definition) is 6. The number of nitrogens with zero attached hydrogens (tertiary/aromatic N) is 1. The van der Waals surface area contributed by atoms with Gasteiger partial charge in [-0.05, 0) is 47.7 Å². The fourth-order valence-corrected chi connectivity index (χ4v) is 5.30. The van der Waals surface area contributed by atoms with Crippen LogP contribution in [0.3, 0.4) is 0 Å². The highest BCUT2D eigenvalue weighted by molar-refractivity contribution is 7.91. The molecule has 0 spiro atoms. The number of benzene rings is 2. The lowest BCUT2D eigenvalue weighted by Gasteiger charge is -2.24. The van der Waals surface area contributed by atoms with E-state index in [0.29, 0.717) is 11.3 Å². The first-order valence-corrected chi connectivity index (χ1v) is 12.4. The minimum absolute atomic E-state index is 0.0681. The zero-order valence-corrected chi connectivity index (χ0v) is 19.0. The van der Waals surface area contributed by atoms with E-state index in [-0.39, 0.29) is 36.6 Å². The number of carbonyl (C=O) groups excluding carboxylic acids is 1. The van der Waals surface area contributed by atoms with Gasteiger partial charge in [-0.25, -0.2) is 17.2 Å². The maximum Gasteiger partial charge on any atom is 0.234 e. The van der Waals surface area contributed by atoms with Crippen molar-refractivity contribution in [1.29, 1.82) is 0 Å². The van der Waals surface area contributed by atoms with Crippen molar-refractivity contribution in [2.24, 2.45) is 10.7 Å². The number of hydrogen-bond donors (Lipinski definition) is 3. The van der Waals surface area contributed by atoms with E-state index in [9.17, 15) is 27.1 Å². The number of nitrogens with two attached hydrogens (primary N) is 1. The summed E-state index contributed by atoms with van der Waals surface area (Å²) in [7, 11) is -3.40. The summed E-state index contributed by atoms with van der Waals surface area (Å²) in [6.07, 6.45) is -0.545. The molecule has 10 heteroatoms. The van der Waals surface area contributed by atoms with Gasteiger partial charge < -0.3 is 16.2 Å². The van der Waals surface area contributed by atoms with E-state index in [1.165, 1.54) is 0 Å². The highest BCUT2D eigenvalue weighted by atomic mass is 32.2. The van der Waals surface area contributed by atoms with Gasteiger partial charge in [0.25, 0.3) is 0 Å². The molecule has 1 aliphatic rings. The average molecular weight is 480 g/mol. The van der Waals surface area contributed by atoms with E-state index in [4.69, 9.17) is 5.73 Å². The molecule has 3 rings (SSSR count). The Morgan fingerprint density at radius 2 is 1.85 bits per heavy atom. The third-order valence-corrected chi connectivity index (χ3v) is 6.93. The van der Waals surface area contributed by atoms with Crippen molar-refractivity contribution in [2.75, 3.05) is 18.8 Å². The Morgan fingerprint density at radius 1 is 1.15 bits per heavy atom. The lowest BCUT2D eigenvalue weighted by molar-refractivity contribution is -0.121. The van der Waals surface area contributed by atoms with Crippen LogP contribution < -0.4 is 11.1 Å². The maximum absolute atomic E-state index is 13.6. The van der Waals surface area contributed by atoms with Crippen LogP contribution in [0.2, 0.25) is 0 Å². The number of nitrogens with one attached hydrogen (secondary N) is 1. The molecular formula is C23H27F2N3O4S. The fourth-order valence-electron chi connectivity index (χ4n) is 3.81. The summed E-state index contributed by atoms with van der Waals surface area (Å²) in [5.74, 6) is -2.44. The van der Waals surface area contributed by atoms with E-state index >= 15 is 0 Å². The molecule has 178 valence electrons. The van der Waals surface area contributed by atoms with Gasteiger partial charge in [-0.2, -0.15) is 0 Å². The minimum Gasteiger partial charge on any atom is -0.389 e. The van der Waals surface area contributed by atoms with E-state index in [1.54, 1.807) is 6.07 Å². The van der Waals surface area contributed by atoms with Gasteiger partial charge in [-0.3, -0.25) is 9.79 Å². The number of carbonyl (C=O) groups is 1. The number of amides is 1. The topological polar surface area (TPSA) is 122 Å². The summed E-state index contributed by atoms with van der Waals surface area (Å²) in [6, 6.07) is 7.57. The van der Waals surface area contributed by atoms with E-state index in [0.717, 1.165) is 35.7 Å². The van der Waals surface area contributed by atoms with Gasteiger partial charge in [0.1, 0.15) is 11.6 Å². The van der Waals surface area contributed by atoms with Crippen molar-refractivity contribution in [3.8, 4) is 0 Å². The van der Waals surface area contributed by atoms with Gasteiger partial charge in [-0.15, -0.1) is 0 Å². The van der Waals surface area contributed by atoms with Gasteiger partial charge in [0.2, 0.25) is 5.91 Å². The lowest BCUT2D eigenvalue weighted by Crippen LogP contribution is -2.48. The molecule has 2 atom stereocenters. The highest BCUT2D eigenvalue weighted by Gasteiger charge is 2.28. The molecule has 2 unspecified atom stereocenters. The van der Waals surface area contributed by atoms with Gasteiger partial charge in [-0.1, -0.05) is 19.1 Å². The Morgan fingerprint density at radius 3 is 2.48 bits per heavy atom. The zero-order valence-electron chi connectivity index (χ0n) is 18.2. The molecule has 1 heterocycles. The van der Waals surface area contributed by atoms with Gasteiger partial charge in [0.05, 0.1) is 42.5 Å². The smallest absolute Gasteiger partial charge is 0.234 e. The van der Waals surface area contributed by atoms with Crippen LogP contribution in [0.1, 0.15) is 29.2 Å². The Bertz CT molecular complexity index is 1150. The van der Waals surface area contributed by atoms with Crippen molar-refractivity contribution in [1.82, 2.24) is 5.32 Å². The number of halogens is 2. The summed E-state index contributed by atoms with van der Waals surface area (Å²) in [6.45, 7) is 1.44. The molecule has 0 fully saturated rings. The molecule has 33 heavy (non-hydrogen) atoms. The Hall–Kier alpha value is -2.69. The summed E-state index contributed by atoms with van der Waals surface area (Å²) < 4.78 is 51.9. The van der Waals surface area contributed by atoms with Crippen LogP contribution in [0.4, 0.5) is 8.78 Å². The third-order valence-electron chi connectivity index (χ3n) is 5.47. The van der Waals surface area contributed by atoms with Crippen molar-refractivity contribution < 1.29 is 27.1 Å². The van der Waals surface area contributed by atoms with Crippen LogP contribution >= 0.6 is 0 Å². The number of aryl methyl sites for hydroxylation is 1. The number of fused-ring (bicyclic) bond motifs is 1. The first-order valence-electron chi connectivity index (χ1n) is 10.6. The molecule has 0 saturated heterocycles. The predicted molar refractivity (Wildman–Crippen MR) is 122 cm³/mol. The summed E-state index contributed by atoms with van der Waals surface area (Å²) >= 11 is 0. The predicted octanol–water partition coefficient (Wildman–Crippen LogP) is 1.29. The minimum atomic E-state index is -3.40. The van der Waals surface area contributed by atoms with Crippen molar-refractivity contribution >= 4 is 21.5 Å². The summed E-state index contributed by atoms with van der Waals surface area (Å²) in [5, 5.41) is 13.3. The second-order valence-corrected chi connectivity index (χ2v) is 10.2.